The highest BCUT2D eigenvalue weighted by Crippen LogP contribution is 1.99. The van der Waals surface area contributed by atoms with Crippen LogP contribution in [0.4, 0.5) is 0 Å². The summed E-state index contributed by atoms with van der Waals surface area (Å²) in [5.74, 6) is 0.232. The van der Waals surface area contributed by atoms with Crippen LogP contribution in [0.2, 0.25) is 0 Å². The van der Waals surface area contributed by atoms with Crippen molar-refractivity contribution in [2.24, 2.45) is 10.2 Å². The Morgan fingerprint density at radius 3 is 2.71 bits per heavy atom. The summed E-state index contributed by atoms with van der Waals surface area (Å²) in [5.41, 5.74) is 5.96. The smallest absolute Gasteiger partial charge is 0.293 e. The molecule has 21 heavy (non-hydrogen) atoms. The predicted octanol–water partition coefficient (Wildman–Crippen LogP) is -0.520. The number of carbonyl (C=O) groups is 1. The first-order chi connectivity index (χ1) is 10.3. The number of pyridine rings is 1. The second kappa shape index (κ2) is 7.34. The topological polar surface area (TPSA) is 102 Å². The van der Waals surface area contributed by atoms with Gasteiger partial charge in [-0.25, -0.2) is 0 Å². The van der Waals surface area contributed by atoms with Crippen LogP contribution in [0, 0.1) is 0 Å². The van der Waals surface area contributed by atoms with Gasteiger partial charge in [-0.2, -0.15) is 5.10 Å². The molecule has 0 bridgehead atoms. The number of hydrazone groups is 2. The normalized spacial score (nSPS) is 13.6. The lowest BCUT2D eigenvalue weighted by atomic mass is 10.3. The molecule has 0 aromatic carbocycles. The summed E-state index contributed by atoms with van der Waals surface area (Å²) in [6, 6.07) is 5.42. The highest BCUT2D eigenvalue weighted by molar-refractivity contribution is 6.38. The number of nitrogens with zero attached hydrogens (tertiary/aromatic N) is 4. The third-order valence-corrected chi connectivity index (χ3v) is 2.81. The number of amides is 1. The number of aliphatic hydroxyl groups is 1. The van der Waals surface area contributed by atoms with E-state index in [1.54, 1.807) is 18.3 Å². The van der Waals surface area contributed by atoms with Gasteiger partial charge in [0.15, 0.2) is 5.84 Å². The molecule has 0 aliphatic carbocycles. The Kier molecular flexibility index (Phi) is 5.22. The van der Waals surface area contributed by atoms with Crippen LogP contribution in [0.5, 0.6) is 0 Å². The van der Waals surface area contributed by atoms with Crippen molar-refractivity contribution in [1.82, 2.24) is 20.7 Å². The van der Waals surface area contributed by atoms with Crippen molar-refractivity contribution in [3.8, 4) is 0 Å². The first-order valence-corrected chi connectivity index (χ1v) is 6.75. The second-order valence-corrected chi connectivity index (χ2v) is 4.38. The van der Waals surface area contributed by atoms with Gasteiger partial charge < -0.3 is 10.0 Å². The van der Waals surface area contributed by atoms with E-state index in [4.69, 9.17) is 5.11 Å². The zero-order valence-corrected chi connectivity index (χ0v) is 11.8. The number of nitrogens with one attached hydrogen (secondary N) is 2. The SMILES string of the molecule is CCCN(CCO)C(=O)C1=NNC(c2ccccn2)=NN1. The fourth-order valence-electron chi connectivity index (χ4n) is 1.84. The first-order valence-electron chi connectivity index (χ1n) is 6.75. The molecule has 2 rings (SSSR count). The van der Waals surface area contributed by atoms with Crippen LogP contribution in [0.15, 0.2) is 34.6 Å². The van der Waals surface area contributed by atoms with Gasteiger partial charge in [-0.1, -0.05) is 13.0 Å². The van der Waals surface area contributed by atoms with Gasteiger partial charge in [0.05, 0.1) is 6.61 Å². The Morgan fingerprint density at radius 2 is 2.14 bits per heavy atom. The lowest BCUT2D eigenvalue weighted by molar-refractivity contribution is -0.124. The van der Waals surface area contributed by atoms with Crippen molar-refractivity contribution in [1.29, 1.82) is 0 Å². The lowest BCUT2D eigenvalue weighted by Crippen LogP contribution is -2.47. The van der Waals surface area contributed by atoms with Crippen molar-refractivity contribution in [2.75, 3.05) is 19.7 Å². The summed E-state index contributed by atoms with van der Waals surface area (Å²) in [4.78, 5) is 17.9. The van der Waals surface area contributed by atoms with E-state index in [0.29, 0.717) is 18.1 Å². The molecule has 8 heteroatoms. The number of amidine groups is 2. The molecule has 0 unspecified atom stereocenters. The Labute approximate surface area is 122 Å². The zero-order chi connectivity index (χ0) is 15.1. The molecule has 0 fully saturated rings. The van der Waals surface area contributed by atoms with Gasteiger partial charge in [-0.05, 0) is 18.6 Å². The molecule has 1 aromatic heterocycles. The minimum Gasteiger partial charge on any atom is -0.395 e. The molecule has 1 amide bonds. The third kappa shape index (κ3) is 3.76. The van der Waals surface area contributed by atoms with Crippen molar-refractivity contribution >= 4 is 17.6 Å². The maximum atomic E-state index is 12.2. The van der Waals surface area contributed by atoms with Gasteiger partial charge in [-0.15, -0.1) is 5.10 Å². The maximum absolute atomic E-state index is 12.2. The summed E-state index contributed by atoms with van der Waals surface area (Å²) in [7, 11) is 0. The Balaban J connectivity index is 2.02. The monoisotopic (exact) mass is 290 g/mol. The summed E-state index contributed by atoms with van der Waals surface area (Å²) in [6.07, 6.45) is 2.45. The lowest BCUT2D eigenvalue weighted by Gasteiger charge is -2.22. The Morgan fingerprint density at radius 1 is 1.29 bits per heavy atom. The van der Waals surface area contributed by atoms with Gasteiger partial charge in [0, 0.05) is 19.3 Å². The summed E-state index contributed by atoms with van der Waals surface area (Å²) < 4.78 is 0. The third-order valence-electron chi connectivity index (χ3n) is 2.81. The number of hydrogen-bond acceptors (Lipinski definition) is 7. The predicted molar refractivity (Wildman–Crippen MR) is 78.4 cm³/mol. The van der Waals surface area contributed by atoms with Crippen LogP contribution in [0.3, 0.4) is 0 Å². The minimum atomic E-state index is -0.303. The first kappa shape index (κ1) is 14.9. The molecular weight excluding hydrogens is 272 g/mol. The quantitative estimate of drug-likeness (QED) is 0.654. The van der Waals surface area contributed by atoms with Gasteiger partial charge in [-0.3, -0.25) is 20.6 Å². The van der Waals surface area contributed by atoms with Crippen LogP contribution in [-0.2, 0) is 4.79 Å². The molecule has 0 spiro atoms. The van der Waals surface area contributed by atoms with Crippen LogP contribution in [0.1, 0.15) is 19.0 Å². The van der Waals surface area contributed by atoms with Gasteiger partial charge in [0.2, 0.25) is 5.84 Å². The van der Waals surface area contributed by atoms with E-state index in [1.807, 2.05) is 13.0 Å². The molecule has 2 heterocycles. The van der Waals surface area contributed by atoms with E-state index >= 15 is 0 Å². The van der Waals surface area contributed by atoms with E-state index in [1.165, 1.54) is 4.90 Å². The number of aliphatic hydroxyl groups excluding tert-OH is 1. The second-order valence-electron chi connectivity index (χ2n) is 4.38. The molecule has 0 saturated carbocycles. The highest BCUT2D eigenvalue weighted by Gasteiger charge is 2.22. The van der Waals surface area contributed by atoms with Crippen LogP contribution in [-0.4, -0.2) is 52.3 Å². The molecule has 112 valence electrons. The average molecular weight is 290 g/mol. The largest absolute Gasteiger partial charge is 0.395 e. The Hall–Kier alpha value is -2.48. The van der Waals surface area contributed by atoms with E-state index in [-0.39, 0.29) is 24.9 Å². The zero-order valence-electron chi connectivity index (χ0n) is 11.8. The fourth-order valence-corrected chi connectivity index (χ4v) is 1.84. The number of hydrogen-bond donors (Lipinski definition) is 3. The molecule has 1 aliphatic rings. The van der Waals surface area contributed by atoms with Gasteiger partial charge in [0.25, 0.3) is 5.91 Å². The van der Waals surface area contributed by atoms with Gasteiger partial charge >= 0.3 is 0 Å². The van der Waals surface area contributed by atoms with E-state index in [9.17, 15) is 4.79 Å². The number of aromatic nitrogens is 1. The minimum absolute atomic E-state index is 0.0884. The van der Waals surface area contributed by atoms with Crippen molar-refractivity contribution in [3.05, 3.63) is 30.1 Å². The van der Waals surface area contributed by atoms with E-state index in [0.717, 1.165) is 6.42 Å². The van der Waals surface area contributed by atoms with Crippen molar-refractivity contribution in [3.63, 3.8) is 0 Å². The van der Waals surface area contributed by atoms with E-state index < -0.39 is 0 Å². The maximum Gasteiger partial charge on any atom is 0.293 e. The summed E-state index contributed by atoms with van der Waals surface area (Å²) >= 11 is 0. The van der Waals surface area contributed by atoms with E-state index in [2.05, 4.69) is 26.0 Å². The van der Waals surface area contributed by atoms with Gasteiger partial charge in [0.1, 0.15) is 5.69 Å². The number of rotatable bonds is 6. The number of carbonyl (C=O) groups excluding carboxylic acids is 1. The van der Waals surface area contributed by atoms with Crippen molar-refractivity contribution in [2.45, 2.75) is 13.3 Å². The van der Waals surface area contributed by atoms with Crippen molar-refractivity contribution < 1.29 is 9.90 Å². The van der Waals surface area contributed by atoms with Crippen LogP contribution < -0.4 is 10.9 Å². The molecule has 3 N–H and O–H groups in total. The summed E-state index contributed by atoms with van der Waals surface area (Å²) in [6.45, 7) is 2.69. The molecule has 0 atom stereocenters. The molecule has 0 saturated heterocycles. The van der Waals surface area contributed by atoms with Crippen LogP contribution >= 0.6 is 0 Å². The summed E-state index contributed by atoms with van der Waals surface area (Å²) in [5, 5.41) is 17.0. The molecule has 1 aromatic rings. The fraction of sp³-hybridized carbons (Fsp3) is 0.385. The average Bonchev–Trinajstić information content (AvgIpc) is 2.55. The van der Waals surface area contributed by atoms with Crippen LogP contribution in [0.25, 0.3) is 0 Å². The molecule has 1 aliphatic heterocycles. The molecule has 8 nitrogen and oxygen atoms in total. The standard InChI is InChI=1S/C13H18N6O2/c1-2-7-19(8-9-20)13(21)12-17-15-11(16-18-12)10-5-3-4-6-14-10/h3-6,20H,2,7-9H2,1H3,(H,15,16)(H,17,18). The molecule has 0 radical (unpaired) electrons. The Bertz CT molecular complexity index is 537. The highest BCUT2D eigenvalue weighted by atomic mass is 16.3. The molecular formula is C13H18N6O2.